The molecule has 2 N–H and O–H groups in total. The Morgan fingerprint density at radius 3 is 2.60 bits per heavy atom. The number of benzene rings is 2. The fraction of sp³-hybridized carbons (Fsp3) is 0.118. The lowest BCUT2D eigenvalue weighted by Crippen LogP contribution is -2.30. The predicted octanol–water partition coefficient (Wildman–Crippen LogP) is 3.40. The van der Waals surface area contributed by atoms with E-state index in [1.165, 1.54) is 18.2 Å². The molecule has 0 saturated carbocycles. The average Bonchev–Trinajstić information content (AvgIpc) is 2.54. The molecule has 0 radical (unpaired) electrons. The number of amides is 1. The fourth-order valence-electron chi connectivity index (χ4n) is 2.37. The third-order valence-corrected chi connectivity index (χ3v) is 3.54. The lowest BCUT2D eigenvalue weighted by Gasteiger charge is -2.12. The Morgan fingerprint density at radius 1 is 1.16 bits per heavy atom. The van der Waals surface area contributed by atoms with E-state index in [2.05, 4.69) is 9.97 Å². The molecule has 1 heterocycles. The highest BCUT2D eigenvalue weighted by atomic mass is 19.4. The molecule has 0 aliphatic rings. The van der Waals surface area contributed by atoms with E-state index in [1.54, 1.807) is 29.6 Å². The SMILES string of the molecule is Cc1ccc2nc(-c3ccccc3NC(=O)C(F)(F)F)c(=O)[nH]c2c1. The summed E-state index contributed by atoms with van der Waals surface area (Å²) in [7, 11) is 0. The second-order valence-corrected chi connectivity index (χ2v) is 5.43. The van der Waals surface area contributed by atoms with Gasteiger partial charge in [-0.15, -0.1) is 0 Å². The zero-order chi connectivity index (χ0) is 18.2. The largest absolute Gasteiger partial charge is 0.471 e. The van der Waals surface area contributed by atoms with Gasteiger partial charge in [0.15, 0.2) is 0 Å². The van der Waals surface area contributed by atoms with Crippen molar-refractivity contribution in [1.82, 2.24) is 9.97 Å². The number of aromatic nitrogens is 2. The number of alkyl halides is 3. The molecule has 0 unspecified atom stereocenters. The van der Waals surface area contributed by atoms with Gasteiger partial charge >= 0.3 is 12.1 Å². The zero-order valence-electron chi connectivity index (χ0n) is 12.9. The number of fused-ring (bicyclic) bond motifs is 1. The van der Waals surface area contributed by atoms with Crippen LogP contribution in [0.4, 0.5) is 18.9 Å². The van der Waals surface area contributed by atoms with Crippen molar-refractivity contribution in [2.24, 2.45) is 0 Å². The highest BCUT2D eigenvalue weighted by molar-refractivity contribution is 5.98. The highest BCUT2D eigenvalue weighted by Gasteiger charge is 2.39. The van der Waals surface area contributed by atoms with E-state index in [-0.39, 0.29) is 16.9 Å². The van der Waals surface area contributed by atoms with Crippen molar-refractivity contribution in [3.63, 3.8) is 0 Å². The van der Waals surface area contributed by atoms with Crippen molar-refractivity contribution >= 4 is 22.6 Å². The molecule has 3 aromatic rings. The molecule has 25 heavy (non-hydrogen) atoms. The minimum absolute atomic E-state index is 0.0746. The summed E-state index contributed by atoms with van der Waals surface area (Å²) in [6, 6.07) is 10.9. The van der Waals surface area contributed by atoms with Gasteiger partial charge in [0.2, 0.25) is 0 Å². The van der Waals surface area contributed by atoms with E-state index in [0.717, 1.165) is 5.56 Å². The van der Waals surface area contributed by atoms with E-state index in [4.69, 9.17) is 0 Å². The van der Waals surface area contributed by atoms with Gasteiger partial charge < -0.3 is 10.3 Å². The number of para-hydroxylation sites is 1. The van der Waals surface area contributed by atoms with E-state index < -0.39 is 17.6 Å². The minimum atomic E-state index is -5.03. The molecule has 1 aromatic heterocycles. The first-order valence-electron chi connectivity index (χ1n) is 7.24. The van der Waals surface area contributed by atoms with Crippen molar-refractivity contribution in [2.75, 3.05) is 5.32 Å². The average molecular weight is 347 g/mol. The maximum absolute atomic E-state index is 12.5. The number of aryl methyl sites for hydroxylation is 1. The molecule has 128 valence electrons. The number of aromatic amines is 1. The van der Waals surface area contributed by atoms with Crippen molar-refractivity contribution in [2.45, 2.75) is 13.1 Å². The summed E-state index contributed by atoms with van der Waals surface area (Å²) >= 11 is 0. The number of carbonyl (C=O) groups excluding carboxylic acids is 1. The first-order chi connectivity index (χ1) is 11.8. The molecule has 0 fully saturated rings. The molecule has 8 heteroatoms. The van der Waals surface area contributed by atoms with Gasteiger partial charge in [0, 0.05) is 5.56 Å². The third kappa shape index (κ3) is 3.37. The lowest BCUT2D eigenvalue weighted by molar-refractivity contribution is -0.167. The van der Waals surface area contributed by atoms with Gasteiger partial charge in [-0.2, -0.15) is 13.2 Å². The van der Waals surface area contributed by atoms with E-state index in [1.807, 2.05) is 6.92 Å². The molecule has 0 atom stereocenters. The normalized spacial score (nSPS) is 11.5. The molecular weight excluding hydrogens is 335 g/mol. The van der Waals surface area contributed by atoms with Gasteiger partial charge in [-0.3, -0.25) is 9.59 Å². The van der Waals surface area contributed by atoms with Crippen LogP contribution in [-0.4, -0.2) is 22.1 Å². The summed E-state index contributed by atoms with van der Waals surface area (Å²) in [4.78, 5) is 30.4. The van der Waals surface area contributed by atoms with Gasteiger partial charge in [0.1, 0.15) is 5.69 Å². The van der Waals surface area contributed by atoms with Crippen molar-refractivity contribution < 1.29 is 18.0 Å². The lowest BCUT2D eigenvalue weighted by atomic mass is 10.1. The zero-order valence-corrected chi connectivity index (χ0v) is 12.9. The van der Waals surface area contributed by atoms with Gasteiger partial charge in [-0.25, -0.2) is 4.98 Å². The number of hydrogen-bond donors (Lipinski definition) is 2. The molecule has 0 spiro atoms. The summed E-state index contributed by atoms with van der Waals surface area (Å²) in [5.74, 6) is -2.12. The van der Waals surface area contributed by atoms with Crippen LogP contribution in [0.15, 0.2) is 47.3 Å². The smallest absolute Gasteiger partial charge is 0.319 e. The number of rotatable bonds is 2. The van der Waals surface area contributed by atoms with E-state index in [0.29, 0.717) is 11.0 Å². The molecule has 2 aromatic carbocycles. The number of nitrogens with one attached hydrogen (secondary N) is 2. The summed E-state index contributed by atoms with van der Waals surface area (Å²) in [6.07, 6.45) is -5.03. The third-order valence-electron chi connectivity index (χ3n) is 3.54. The molecule has 0 saturated heterocycles. The van der Waals surface area contributed by atoms with Crippen LogP contribution < -0.4 is 10.9 Å². The van der Waals surface area contributed by atoms with Crippen LogP contribution in [0.2, 0.25) is 0 Å². The monoisotopic (exact) mass is 347 g/mol. The predicted molar refractivity (Wildman–Crippen MR) is 87.2 cm³/mol. The molecule has 0 aliphatic heterocycles. The van der Waals surface area contributed by atoms with Crippen LogP contribution in [0.25, 0.3) is 22.3 Å². The van der Waals surface area contributed by atoms with Gasteiger partial charge in [-0.1, -0.05) is 24.3 Å². The summed E-state index contributed by atoms with van der Waals surface area (Å²) in [5.41, 5.74) is 1.25. The second-order valence-electron chi connectivity index (χ2n) is 5.43. The van der Waals surface area contributed by atoms with Crippen LogP contribution in [0, 0.1) is 6.92 Å². The Bertz CT molecular complexity index is 1030. The molecule has 0 bridgehead atoms. The number of hydrogen-bond acceptors (Lipinski definition) is 3. The van der Waals surface area contributed by atoms with Crippen LogP contribution in [0.5, 0.6) is 0 Å². The first kappa shape index (κ1) is 16.7. The van der Waals surface area contributed by atoms with E-state index >= 15 is 0 Å². The highest BCUT2D eigenvalue weighted by Crippen LogP contribution is 2.27. The molecule has 1 amide bonds. The maximum atomic E-state index is 12.5. The summed E-state index contributed by atoms with van der Waals surface area (Å²) in [6.45, 7) is 1.85. The minimum Gasteiger partial charge on any atom is -0.319 e. The maximum Gasteiger partial charge on any atom is 0.471 e. The Morgan fingerprint density at radius 2 is 1.88 bits per heavy atom. The van der Waals surface area contributed by atoms with Gasteiger partial charge in [0.05, 0.1) is 16.7 Å². The van der Waals surface area contributed by atoms with Crippen molar-refractivity contribution in [1.29, 1.82) is 0 Å². The molecular formula is C17H12F3N3O2. The molecule has 0 aliphatic carbocycles. The quantitative estimate of drug-likeness (QED) is 0.746. The Kier molecular flexibility index (Phi) is 4.03. The second kappa shape index (κ2) is 6.04. The van der Waals surface area contributed by atoms with Gasteiger partial charge in [-0.05, 0) is 30.7 Å². The Labute approximate surface area is 139 Å². The number of nitrogens with zero attached hydrogens (tertiary/aromatic N) is 1. The number of halogens is 3. The molecule has 5 nitrogen and oxygen atoms in total. The summed E-state index contributed by atoms with van der Waals surface area (Å²) < 4.78 is 37.5. The van der Waals surface area contributed by atoms with Crippen LogP contribution >= 0.6 is 0 Å². The topological polar surface area (TPSA) is 74.8 Å². The standard InChI is InChI=1S/C17H12F3N3O2/c1-9-6-7-12-13(8-9)22-15(24)14(21-12)10-4-2-3-5-11(10)23-16(25)17(18,19)20/h2-8H,1H3,(H,22,24)(H,23,25). The Hall–Kier alpha value is -3.16. The van der Waals surface area contributed by atoms with Crippen LogP contribution in [0.3, 0.4) is 0 Å². The van der Waals surface area contributed by atoms with Crippen molar-refractivity contribution in [3.05, 3.63) is 58.4 Å². The number of H-pyrrole nitrogens is 1. The number of carbonyl (C=O) groups is 1. The van der Waals surface area contributed by atoms with E-state index in [9.17, 15) is 22.8 Å². The Balaban J connectivity index is 2.13. The molecule has 3 rings (SSSR count). The summed E-state index contributed by atoms with van der Waals surface area (Å²) in [5, 5.41) is 1.78. The van der Waals surface area contributed by atoms with Crippen molar-refractivity contribution in [3.8, 4) is 11.3 Å². The number of anilines is 1. The van der Waals surface area contributed by atoms with Crippen LogP contribution in [0.1, 0.15) is 5.56 Å². The van der Waals surface area contributed by atoms with Crippen LogP contribution in [-0.2, 0) is 4.79 Å². The fourth-order valence-corrected chi connectivity index (χ4v) is 2.37. The van der Waals surface area contributed by atoms with Gasteiger partial charge in [0.25, 0.3) is 5.56 Å². The first-order valence-corrected chi connectivity index (χ1v) is 7.24.